The lowest BCUT2D eigenvalue weighted by Crippen LogP contribution is -2.32. The van der Waals surface area contributed by atoms with Crippen LogP contribution >= 0.6 is 0 Å². The zero-order valence-corrected chi connectivity index (χ0v) is 10.1. The fraction of sp³-hybridized carbons (Fsp3) is 0.583. The van der Waals surface area contributed by atoms with Crippen molar-refractivity contribution in [2.75, 3.05) is 6.54 Å². The molecular weight excluding hydrogens is 206 g/mol. The van der Waals surface area contributed by atoms with E-state index >= 15 is 0 Å². The maximum Gasteiger partial charge on any atom is 0.304 e. The zero-order valence-electron chi connectivity index (χ0n) is 10.1. The average Bonchev–Trinajstić information content (AvgIpc) is 2.57. The third-order valence-electron chi connectivity index (χ3n) is 2.50. The number of carbonyl (C=O) groups is 1. The summed E-state index contributed by atoms with van der Waals surface area (Å²) in [6.45, 7) is 7.22. The van der Waals surface area contributed by atoms with Gasteiger partial charge in [0.05, 0.1) is 13.0 Å². The maximum atomic E-state index is 10.5. The van der Waals surface area contributed by atoms with E-state index in [9.17, 15) is 4.79 Å². The van der Waals surface area contributed by atoms with Crippen LogP contribution in [0, 0.1) is 6.92 Å². The molecule has 0 unspecified atom stereocenters. The minimum Gasteiger partial charge on any atom is -0.481 e. The summed E-state index contributed by atoms with van der Waals surface area (Å²) in [5, 5.41) is 8.66. The second-order valence-electron chi connectivity index (χ2n) is 4.22. The average molecular weight is 225 g/mol. The minimum atomic E-state index is -0.763. The van der Waals surface area contributed by atoms with Gasteiger partial charge < -0.3 is 9.52 Å². The summed E-state index contributed by atoms with van der Waals surface area (Å²) in [6, 6.07) is 4.17. The van der Waals surface area contributed by atoms with E-state index < -0.39 is 5.97 Å². The van der Waals surface area contributed by atoms with Gasteiger partial charge in [0, 0.05) is 12.6 Å². The Labute approximate surface area is 95.9 Å². The molecule has 0 aliphatic heterocycles. The topological polar surface area (TPSA) is 53.7 Å². The van der Waals surface area contributed by atoms with Gasteiger partial charge in [-0.1, -0.05) is 0 Å². The Kier molecular flexibility index (Phi) is 4.55. The second-order valence-corrected chi connectivity index (χ2v) is 4.22. The summed E-state index contributed by atoms with van der Waals surface area (Å²) in [6.07, 6.45) is 0.165. The van der Waals surface area contributed by atoms with Crippen LogP contribution in [0.25, 0.3) is 0 Å². The van der Waals surface area contributed by atoms with E-state index in [1.54, 1.807) is 0 Å². The van der Waals surface area contributed by atoms with Crippen molar-refractivity contribution in [1.82, 2.24) is 4.90 Å². The summed E-state index contributed by atoms with van der Waals surface area (Å²) in [5.41, 5.74) is 0. The third kappa shape index (κ3) is 4.06. The Morgan fingerprint density at radius 3 is 2.62 bits per heavy atom. The molecule has 1 aromatic rings. The van der Waals surface area contributed by atoms with Crippen molar-refractivity contribution in [3.05, 3.63) is 23.7 Å². The third-order valence-corrected chi connectivity index (χ3v) is 2.50. The maximum absolute atomic E-state index is 10.5. The summed E-state index contributed by atoms with van der Waals surface area (Å²) >= 11 is 0. The fourth-order valence-corrected chi connectivity index (χ4v) is 1.53. The molecule has 0 radical (unpaired) electrons. The Morgan fingerprint density at radius 1 is 1.50 bits per heavy atom. The van der Waals surface area contributed by atoms with Crippen molar-refractivity contribution in [2.45, 2.75) is 39.8 Å². The zero-order chi connectivity index (χ0) is 12.1. The van der Waals surface area contributed by atoms with Crippen LogP contribution in [0.2, 0.25) is 0 Å². The van der Waals surface area contributed by atoms with Gasteiger partial charge in [-0.3, -0.25) is 9.69 Å². The van der Waals surface area contributed by atoms with E-state index in [4.69, 9.17) is 9.52 Å². The molecule has 0 saturated carbocycles. The van der Waals surface area contributed by atoms with Gasteiger partial charge in [0.15, 0.2) is 0 Å². The van der Waals surface area contributed by atoms with Crippen molar-refractivity contribution < 1.29 is 14.3 Å². The highest BCUT2D eigenvalue weighted by Gasteiger charge is 2.13. The summed E-state index contributed by atoms with van der Waals surface area (Å²) in [4.78, 5) is 12.6. The van der Waals surface area contributed by atoms with E-state index in [1.807, 2.05) is 19.1 Å². The Hall–Kier alpha value is -1.29. The normalized spacial score (nSPS) is 11.3. The van der Waals surface area contributed by atoms with Crippen LogP contribution in [0.3, 0.4) is 0 Å². The SMILES string of the molecule is Cc1ccc(CN(CCC(=O)O)C(C)C)o1. The number of aliphatic carboxylic acids is 1. The molecule has 1 heterocycles. The highest BCUT2D eigenvalue weighted by Crippen LogP contribution is 2.12. The van der Waals surface area contributed by atoms with Gasteiger partial charge >= 0.3 is 5.97 Å². The number of furan rings is 1. The molecule has 1 rings (SSSR count). The van der Waals surface area contributed by atoms with Gasteiger partial charge in [-0.15, -0.1) is 0 Å². The molecule has 0 saturated heterocycles. The first kappa shape index (κ1) is 12.8. The van der Waals surface area contributed by atoms with E-state index in [-0.39, 0.29) is 6.42 Å². The highest BCUT2D eigenvalue weighted by molar-refractivity contribution is 5.66. The molecule has 0 aliphatic carbocycles. The molecule has 0 aliphatic rings. The predicted molar refractivity (Wildman–Crippen MR) is 61.2 cm³/mol. The van der Waals surface area contributed by atoms with Crippen LogP contribution in [-0.4, -0.2) is 28.6 Å². The summed E-state index contributed by atoms with van der Waals surface area (Å²) < 4.78 is 5.48. The number of aryl methyl sites for hydroxylation is 1. The van der Waals surface area contributed by atoms with Crippen molar-refractivity contribution in [3.8, 4) is 0 Å². The van der Waals surface area contributed by atoms with Crippen LogP contribution in [0.1, 0.15) is 31.8 Å². The Bertz CT molecular complexity index is 344. The van der Waals surface area contributed by atoms with Crippen LogP contribution in [0.4, 0.5) is 0 Å². The monoisotopic (exact) mass is 225 g/mol. The standard InChI is InChI=1S/C12H19NO3/c1-9(2)13(7-6-12(14)15)8-11-5-4-10(3)16-11/h4-5,9H,6-8H2,1-3H3,(H,14,15). The molecule has 4 nitrogen and oxygen atoms in total. The van der Waals surface area contributed by atoms with Crippen molar-refractivity contribution in [2.24, 2.45) is 0 Å². The number of carboxylic acids is 1. The lowest BCUT2D eigenvalue weighted by atomic mass is 10.2. The van der Waals surface area contributed by atoms with Gasteiger partial charge in [0.1, 0.15) is 11.5 Å². The number of nitrogens with zero attached hydrogens (tertiary/aromatic N) is 1. The van der Waals surface area contributed by atoms with Gasteiger partial charge in [0.25, 0.3) is 0 Å². The molecule has 0 spiro atoms. The highest BCUT2D eigenvalue weighted by atomic mass is 16.4. The molecule has 0 aromatic carbocycles. The Morgan fingerprint density at radius 2 is 2.19 bits per heavy atom. The van der Waals surface area contributed by atoms with Crippen molar-refractivity contribution >= 4 is 5.97 Å². The number of carboxylic acid groups (broad SMARTS) is 1. The quantitative estimate of drug-likeness (QED) is 0.807. The number of rotatable bonds is 6. The number of hydrogen-bond acceptors (Lipinski definition) is 3. The lowest BCUT2D eigenvalue weighted by Gasteiger charge is -2.24. The summed E-state index contributed by atoms with van der Waals surface area (Å²) in [5.74, 6) is 1.01. The van der Waals surface area contributed by atoms with Crippen LogP contribution < -0.4 is 0 Å². The first-order chi connectivity index (χ1) is 7.49. The van der Waals surface area contributed by atoms with Crippen LogP contribution in [-0.2, 0) is 11.3 Å². The molecule has 1 aromatic heterocycles. The molecule has 0 bridgehead atoms. The molecular formula is C12H19NO3. The van der Waals surface area contributed by atoms with Gasteiger partial charge in [0.2, 0.25) is 0 Å². The summed E-state index contributed by atoms with van der Waals surface area (Å²) in [7, 11) is 0. The molecule has 1 N–H and O–H groups in total. The van der Waals surface area contributed by atoms with Gasteiger partial charge in [-0.25, -0.2) is 0 Å². The molecule has 0 atom stereocenters. The molecule has 16 heavy (non-hydrogen) atoms. The second kappa shape index (κ2) is 5.70. The smallest absolute Gasteiger partial charge is 0.304 e. The van der Waals surface area contributed by atoms with Gasteiger partial charge in [-0.2, -0.15) is 0 Å². The molecule has 4 heteroatoms. The lowest BCUT2D eigenvalue weighted by molar-refractivity contribution is -0.137. The minimum absolute atomic E-state index is 0.165. The van der Waals surface area contributed by atoms with Crippen molar-refractivity contribution in [1.29, 1.82) is 0 Å². The predicted octanol–water partition coefficient (Wildman–Crippen LogP) is 2.27. The largest absolute Gasteiger partial charge is 0.481 e. The molecule has 90 valence electrons. The van der Waals surface area contributed by atoms with E-state index in [1.165, 1.54) is 0 Å². The first-order valence-electron chi connectivity index (χ1n) is 5.50. The van der Waals surface area contributed by atoms with Crippen LogP contribution in [0.15, 0.2) is 16.5 Å². The number of hydrogen-bond donors (Lipinski definition) is 1. The first-order valence-corrected chi connectivity index (χ1v) is 5.50. The fourth-order valence-electron chi connectivity index (χ4n) is 1.53. The van der Waals surface area contributed by atoms with E-state index in [2.05, 4.69) is 18.7 Å². The molecule has 0 amide bonds. The Balaban J connectivity index is 2.54. The van der Waals surface area contributed by atoms with E-state index in [0.717, 1.165) is 11.5 Å². The van der Waals surface area contributed by atoms with E-state index in [0.29, 0.717) is 19.1 Å². The van der Waals surface area contributed by atoms with Gasteiger partial charge in [-0.05, 0) is 32.9 Å². The van der Waals surface area contributed by atoms with Crippen LogP contribution in [0.5, 0.6) is 0 Å². The molecule has 0 fully saturated rings. The van der Waals surface area contributed by atoms with Crippen molar-refractivity contribution in [3.63, 3.8) is 0 Å².